The van der Waals surface area contributed by atoms with Crippen molar-refractivity contribution in [2.75, 3.05) is 19.8 Å². The van der Waals surface area contributed by atoms with Crippen LogP contribution in [0.4, 0.5) is 0 Å². The maximum absolute atomic E-state index is 5.88. The minimum absolute atomic E-state index is 0.314. The maximum atomic E-state index is 5.88. The Labute approximate surface area is 96.5 Å². The molecule has 2 rings (SSSR count). The Balaban J connectivity index is 1.88. The summed E-state index contributed by atoms with van der Waals surface area (Å²) in [6, 6.07) is 8.23. The van der Waals surface area contributed by atoms with Gasteiger partial charge < -0.3 is 15.2 Å². The molecule has 0 amide bonds. The lowest BCUT2D eigenvalue weighted by atomic mass is 10.1. The van der Waals surface area contributed by atoms with Crippen LogP contribution >= 0.6 is 0 Å². The molecule has 0 aromatic heterocycles. The fourth-order valence-corrected chi connectivity index (χ4v) is 1.89. The molecule has 0 spiro atoms. The van der Waals surface area contributed by atoms with Crippen molar-refractivity contribution in [2.45, 2.75) is 25.4 Å². The molecule has 0 atom stereocenters. The molecule has 1 saturated heterocycles. The van der Waals surface area contributed by atoms with Gasteiger partial charge in [-0.1, -0.05) is 12.1 Å². The van der Waals surface area contributed by atoms with E-state index in [1.807, 2.05) is 12.1 Å². The van der Waals surface area contributed by atoms with Crippen LogP contribution in [-0.4, -0.2) is 25.9 Å². The summed E-state index contributed by atoms with van der Waals surface area (Å²) < 4.78 is 11.2. The van der Waals surface area contributed by atoms with Gasteiger partial charge in [0.05, 0.1) is 13.2 Å². The predicted octanol–water partition coefficient (Wildman–Crippen LogP) is 1.75. The molecule has 2 N–H and O–H groups in total. The molecule has 3 nitrogen and oxygen atoms in total. The van der Waals surface area contributed by atoms with Crippen LogP contribution in [0.2, 0.25) is 0 Å². The molecule has 1 aliphatic heterocycles. The quantitative estimate of drug-likeness (QED) is 0.842. The number of ether oxygens (including phenoxy) is 2. The van der Waals surface area contributed by atoms with E-state index in [9.17, 15) is 0 Å². The van der Waals surface area contributed by atoms with E-state index in [2.05, 4.69) is 12.1 Å². The van der Waals surface area contributed by atoms with E-state index in [0.717, 1.165) is 38.2 Å². The lowest BCUT2D eigenvalue weighted by Crippen LogP contribution is -2.25. The van der Waals surface area contributed by atoms with Gasteiger partial charge in [-0.25, -0.2) is 0 Å². The maximum Gasteiger partial charge on any atom is 0.119 e. The second kappa shape index (κ2) is 5.87. The topological polar surface area (TPSA) is 44.5 Å². The zero-order chi connectivity index (χ0) is 11.2. The lowest BCUT2D eigenvalue weighted by molar-refractivity contribution is 0.0255. The molecule has 1 fully saturated rings. The Morgan fingerprint density at radius 3 is 2.50 bits per heavy atom. The number of benzene rings is 1. The summed E-state index contributed by atoms with van der Waals surface area (Å²) in [6.45, 7) is 2.33. The summed E-state index contributed by atoms with van der Waals surface area (Å²) >= 11 is 0. The average molecular weight is 221 g/mol. The molecule has 3 heteroatoms. The molecular formula is C13H19NO2. The summed E-state index contributed by atoms with van der Waals surface area (Å²) in [4.78, 5) is 0. The average Bonchev–Trinajstić information content (AvgIpc) is 2.33. The van der Waals surface area contributed by atoms with Crippen molar-refractivity contribution < 1.29 is 9.47 Å². The molecule has 0 saturated carbocycles. The van der Waals surface area contributed by atoms with Crippen molar-refractivity contribution in [1.82, 2.24) is 0 Å². The van der Waals surface area contributed by atoms with E-state index in [0.29, 0.717) is 12.6 Å². The van der Waals surface area contributed by atoms with Gasteiger partial charge >= 0.3 is 0 Å². The summed E-state index contributed by atoms with van der Waals surface area (Å²) in [5.41, 5.74) is 6.77. The van der Waals surface area contributed by atoms with Gasteiger partial charge in [-0.15, -0.1) is 0 Å². The number of hydrogen-bond donors (Lipinski definition) is 1. The van der Waals surface area contributed by atoms with E-state index in [-0.39, 0.29) is 0 Å². The van der Waals surface area contributed by atoms with Crippen LogP contribution in [0, 0.1) is 0 Å². The van der Waals surface area contributed by atoms with Crippen LogP contribution in [-0.2, 0) is 11.2 Å². The fourth-order valence-electron chi connectivity index (χ4n) is 1.89. The Morgan fingerprint density at radius 2 is 1.88 bits per heavy atom. The fraction of sp³-hybridized carbons (Fsp3) is 0.538. The first-order valence-electron chi connectivity index (χ1n) is 5.92. The monoisotopic (exact) mass is 221 g/mol. The third kappa shape index (κ3) is 3.22. The molecular weight excluding hydrogens is 202 g/mol. The van der Waals surface area contributed by atoms with Crippen molar-refractivity contribution in [3.05, 3.63) is 29.8 Å². The highest BCUT2D eigenvalue weighted by Gasteiger charge is 2.14. The van der Waals surface area contributed by atoms with E-state index in [1.54, 1.807) is 0 Å². The zero-order valence-corrected chi connectivity index (χ0v) is 9.52. The minimum Gasteiger partial charge on any atom is -0.490 e. The largest absolute Gasteiger partial charge is 0.490 e. The van der Waals surface area contributed by atoms with Crippen molar-refractivity contribution in [3.8, 4) is 5.75 Å². The highest BCUT2D eigenvalue weighted by molar-refractivity contribution is 5.27. The van der Waals surface area contributed by atoms with Gasteiger partial charge in [0, 0.05) is 12.8 Å². The van der Waals surface area contributed by atoms with Crippen LogP contribution in [0.3, 0.4) is 0 Å². The molecule has 1 heterocycles. The molecule has 0 radical (unpaired) electrons. The Hall–Kier alpha value is -1.06. The molecule has 0 aliphatic carbocycles. The van der Waals surface area contributed by atoms with Crippen LogP contribution < -0.4 is 10.5 Å². The molecule has 0 unspecified atom stereocenters. The molecule has 16 heavy (non-hydrogen) atoms. The van der Waals surface area contributed by atoms with E-state index in [4.69, 9.17) is 15.2 Å². The normalized spacial score (nSPS) is 17.3. The first kappa shape index (κ1) is 11.4. The molecule has 1 aromatic rings. The highest BCUT2D eigenvalue weighted by Crippen LogP contribution is 2.18. The van der Waals surface area contributed by atoms with Crippen LogP contribution in [0.15, 0.2) is 24.3 Å². The van der Waals surface area contributed by atoms with Gasteiger partial charge in [-0.2, -0.15) is 0 Å². The van der Waals surface area contributed by atoms with Gasteiger partial charge in [0.2, 0.25) is 0 Å². The SMILES string of the molecule is NCCc1ccc(OC2CCOCC2)cc1. The van der Waals surface area contributed by atoms with Gasteiger partial charge in [0.1, 0.15) is 11.9 Å². The third-order valence-corrected chi connectivity index (χ3v) is 2.83. The first-order valence-corrected chi connectivity index (χ1v) is 5.92. The minimum atomic E-state index is 0.314. The third-order valence-electron chi connectivity index (χ3n) is 2.83. The second-order valence-corrected chi connectivity index (χ2v) is 4.11. The van der Waals surface area contributed by atoms with Crippen molar-refractivity contribution in [2.24, 2.45) is 5.73 Å². The number of nitrogens with two attached hydrogens (primary N) is 1. The highest BCUT2D eigenvalue weighted by atomic mass is 16.5. The van der Waals surface area contributed by atoms with Crippen LogP contribution in [0.5, 0.6) is 5.75 Å². The summed E-state index contributed by atoms with van der Waals surface area (Å²) in [5.74, 6) is 0.952. The predicted molar refractivity (Wildman–Crippen MR) is 63.7 cm³/mol. The van der Waals surface area contributed by atoms with Gasteiger partial charge in [0.15, 0.2) is 0 Å². The molecule has 88 valence electrons. The smallest absolute Gasteiger partial charge is 0.119 e. The van der Waals surface area contributed by atoms with Crippen molar-refractivity contribution in [1.29, 1.82) is 0 Å². The first-order chi connectivity index (χ1) is 7.88. The molecule has 1 aliphatic rings. The van der Waals surface area contributed by atoms with E-state index < -0.39 is 0 Å². The van der Waals surface area contributed by atoms with E-state index >= 15 is 0 Å². The Morgan fingerprint density at radius 1 is 1.19 bits per heavy atom. The van der Waals surface area contributed by atoms with Gasteiger partial charge in [-0.05, 0) is 30.7 Å². The Bertz CT molecular complexity index is 304. The number of hydrogen-bond acceptors (Lipinski definition) is 3. The number of rotatable bonds is 4. The standard InChI is InChI=1S/C13H19NO2/c14-8-5-11-1-3-12(4-2-11)16-13-6-9-15-10-7-13/h1-4,13H,5-10,14H2. The van der Waals surface area contributed by atoms with Crippen molar-refractivity contribution >= 4 is 0 Å². The lowest BCUT2D eigenvalue weighted by Gasteiger charge is -2.23. The Kier molecular flexibility index (Phi) is 4.19. The molecule has 1 aromatic carbocycles. The van der Waals surface area contributed by atoms with Crippen molar-refractivity contribution in [3.63, 3.8) is 0 Å². The zero-order valence-electron chi connectivity index (χ0n) is 9.52. The van der Waals surface area contributed by atoms with E-state index in [1.165, 1.54) is 5.56 Å². The molecule has 0 bridgehead atoms. The van der Waals surface area contributed by atoms with Gasteiger partial charge in [-0.3, -0.25) is 0 Å². The summed E-state index contributed by atoms with van der Waals surface area (Å²) in [6.07, 6.45) is 3.22. The van der Waals surface area contributed by atoms with Gasteiger partial charge in [0.25, 0.3) is 0 Å². The summed E-state index contributed by atoms with van der Waals surface area (Å²) in [7, 11) is 0. The summed E-state index contributed by atoms with van der Waals surface area (Å²) in [5, 5.41) is 0. The second-order valence-electron chi connectivity index (χ2n) is 4.11. The van der Waals surface area contributed by atoms with Crippen LogP contribution in [0.25, 0.3) is 0 Å². The van der Waals surface area contributed by atoms with Crippen LogP contribution in [0.1, 0.15) is 18.4 Å².